The highest BCUT2D eigenvalue weighted by molar-refractivity contribution is 5.34. The highest BCUT2D eigenvalue weighted by atomic mass is 16.5. The Kier molecular flexibility index (Phi) is 5.02. The van der Waals surface area contributed by atoms with Crippen LogP contribution in [0, 0.1) is 6.92 Å². The molecule has 0 aliphatic rings. The Bertz CT molecular complexity index is 547. The van der Waals surface area contributed by atoms with Gasteiger partial charge < -0.3 is 14.2 Å². The first-order chi connectivity index (χ1) is 9.72. The molecule has 0 aromatic heterocycles. The molecule has 0 aliphatic heterocycles. The molecule has 106 valence electrons. The lowest BCUT2D eigenvalue weighted by atomic mass is 10.1. The minimum atomic E-state index is 0.578. The van der Waals surface area contributed by atoms with E-state index in [9.17, 15) is 0 Å². The van der Waals surface area contributed by atoms with Crippen molar-refractivity contribution in [2.45, 2.75) is 20.1 Å². The molecule has 0 unspecified atom stereocenters. The second kappa shape index (κ2) is 6.96. The van der Waals surface area contributed by atoms with Crippen molar-refractivity contribution in [3.05, 3.63) is 59.2 Å². The van der Waals surface area contributed by atoms with Crippen LogP contribution in [0.4, 0.5) is 0 Å². The number of benzene rings is 2. The average Bonchev–Trinajstić information content (AvgIpc) is 2.50. The van der Waals surface area contributed by atoms with Crippen molar-refractivity contribution in [1.29, 1.82) is 0 Å². The molecule has 0 saturated carbocycles. The van der Waals surface area contributed by atoms with E-state index in [2.05, 4.69) is 6.92 Å². The Hall–Kier alpha value is -2.00. The molecule has 0 saturated heterocycles. The minimum Gasteiger partial charge on any atom is -0.497 e. The fourth-order valence-corrected chi connectivity index (χ4v) is 1.93. The Morgan fingerprint density at radius 2 is 1.45 bits per heavy atom. The van der Waals surface area contributed by atoms with Crippen LogP contribution >= 0.6 is 0 Å². The van der Waals surface area contributed by atoms with E-state index in [1.807, 2.05) is 42.5 Å². The third kappa shape index (κ3) is 3.75. The van der Waals surface area contributed by atoms with Gasteiger partial charge in [0.25, 0.3) is 0 Å². The molecule has 2 aromatic rings. The largest absolute Gasteiger partial charge is 0.497 e. The molecule has 3 heteroatoms. The van der Waals surface area contributed by atoms with Crippen molar-refractivity contribution in [2.75, 3.05) is 14.2 Å². The second-order valence-electron chi connectivity index (χ2n) is 4.63. The first-order valence-electron chi connectivity index (χ1n) is 6.57. The lowest BCUT2D eigenvalue weighted by molar-refractivity contribution is 0.106. The first-order valence-corrected chi connectivity index (χ1v) is 6.57. The Morgan fingerprint density at radius 1 is 0.800 bits per heavy atom. The maximum Gasteiger partial charge on any atom is 0.119 e. The van der Waals surface area contributed by atoms with E-state index in [1.165, 1.54) is 5.56 Å². The Labute approximate surface area is 120 Å². The summed E-state index contributed by atoms with van der Waals surface area (Å²) < 4.78 is 16.1. The zero-order valence-corrected chi connectivity index (χ0v) is 12.2. The van der Waals surface area contributed by atoms with E-state index < -0.39 is 0 Å². The molecular formula is C17H20O3. The SMILES string of the molecule is COc1ccc(COCc2cc(OC)ccc2C)cc1. The summed E-state index contributed by atoms with van der Waals surface area (Å²) in [4.78, 5) is 0. The second-order valence-corrected chi connectivity index (χ2v) is 4.63. The van der Waals surface area contributed by atoms with E-state index >= 15 is 0 Å². The standard InChI is InChI=1S/C17H20O3/c1-13-4-7-17(19-3)10-15(13)12-20-11-14-5-8-16(18-2)9-6-14/h4-10H,11-12H2,1-3H3. The van der Waals surface area contributed by atoms with Gasteiger partial charge in [-0.3, -0.25) is 0 Å². The van der Waals surface area contributed by atoms with Crippen LogP contribution in [0.15, 0.2) is 42.5 Å². The number of rotatable bonds is 6. The monoisotopic (exact) mass is 272 g/mol. The molecule has 0 radical (unpaired) electrons. The van der Waals surface area contributed by atoms with E-state index in [0.29, 0.717) is 13.2 Å². The predicted molar refractivity (Wildman–Crippen MR) is 79.2 cm³/mol. The molecule has 0 spiro atoms. The van der Waals surface area contributed by atoms with Crippen LogP contribution in [0.2, 0.25) is 0 Å². The van der Waals surface area contributed by atoms with Gasteiger partial charge in [-0.25, -0.2) is 0 Å². The zero-order chi connectivity index (χ0) is 14.4. The van der Waals surface area contributed by atoms with Gasteiger partial charge in [-0.05, 0) is 47.9 Å². The Balaban J connectivity index is 1.91. The molecule has 0 N–H and O–H groups in total. The molecule has 20 heavy (non-hydrogen) atoms. The van der Waals surface area contributed by atoms with Gasteiger partial charge in [-0.2, -0.15) is 0 Å². The summed E-state index contributed by atoms with van der Waals surface area (Å²) in [5, 5.41) is 0. The normalized spacial score (nSPS) is 10.3. The summed E-state index contributed by atoms with van der Waals surface area (Å²) in [5.74, 6) is 1.72. The summed E-state index contributed by atoms with van der Waals surface area (Å²) in [6, 6.07) is 13.9. The molecule has 0 atom stereocenters. The summed E-state index contributed by atoms with van der Waals surface area (Å²) in [5.41, 5.74) is 3.49. The number of ether oxygens (including phenoxy) is 3. The van der Waals surface area contributed by atoms with E-state index in [-0.39, 0.29) is 0 Å². The summed E-state index contributed by atoms with van der Waals surface area (Å²) in [6.45, 7) is 3.24. The fraction of sp³-hybridized carbons (Fsp3) is 0.294. The van der Waals surface area contributed by atoms with Gasteiger partial charge in [0.05, 0.1) is 27.4 Å². The maximum absolute atomic E-state index is 5.76. The molecule has 3 nitrogen and oxygen atoms in total. The Morgan fingerprint density at radius 3 is 2.10 bits per heavy atom. The number of hydrogen-bond acceptors (Lipinski definition) is 3. The van der Waals surface area contributed by atoms with Crippen molar-refractivity contribution in [3.8, 4) is 11.5 Å². The molecule has 0 bridgehead atoms. The molecule has 0 fully saturated rings. The van der Waals surface area contributed by atoms with Gasteiger partial charge in [0, 0.05) is 0 Å². The van der Waals surface area contributed by atoms with Gasteiger partial charge in [0.2, 0.25) is 0 Å². The van der Waals surface area contributed by atoms with Crippen LogP contribution in [0.5, 0.6) is 11.5 Å². The van der Waals surface area contributed by atoms with E-state index in [0.717, 1.165) is 22.6 Å². The van der Waals surface area contributed by atoms with Crippen molar-refractivity contribution in [2.24, 2.45) is 0 Å². The van der Waals surface area contributed by atoms with Gasteiger partial charge >= 0.3 is 0 Å². The van der Waals surface area contributed by atoms with Crippen LogP contribution < -0.4 is 9.47 Å². The summed E-state index contributed by atoms with van der Waals surface area (Å²) in [6.07, 6.45) is 0. The minimum absolute atomic E-state index is 0.578. The quantitative estimate of drug-likeness (QED) is 0.802. The van der Waals surface area contributed by atoms with Gasteiger partial charge in [-0.1, -0.05) is 18.2 Å². The third-order valence-electron chi connectivity index (χ3n) is 3.24. The van der Waals surface area contributed by atoms with Crippen molar-refractivity contribution in [3.63, 3.8) is 0 Å². The highest BCUT2D eigenvalue weighted by Gasteiger charge is 2.02. The molecule has 2 rings (SSSR count). The van der Waals surface area contributed by atoms with Crippen molar-refractivity contribution < 1.29 is 14.2 Å². The van der Waals surface area contributed by atoms with Crippen LogP contribution in [0.1, 0.15) is 16.7 Å². The zero-order valence-electron chi connectivity index (χ0n) is 12.2. The highest BCUT2D eigenvalue weighted by Crippen LogP contribution is 2.18. The van der Waals surface area contributed by atoms with Crippen LogP contribution in [-0.4, -0.2) is 14.2 Å². The maximum atomic E-state index is 5.76. The molecule has 2 aromatic carbocycles. The molecule has 0 heterocycles. The average molecular weight is 272 g/mol. The van der Waals surface area contributed by atoms with E-state index in [4.69, 9.17) is 14.2 Å². The van der Waals surface area contributed by atoms with E-state index in [1.54, 1.807) is 14.2 Å². The number of hydrogen-bond donors (Lipinski definition) is 0. The fourth-order valence-electron chi connectivity index (χ4n) is 1.93. The summed E-state index contributed by atoms with van der Waals surface area (Å²) in [7, 11) is 3.34. The number of aryl methyl sites for hydroxylation is 1. The van der Waals surface area contributed by atoms with Crippen LogP contribution in [-0.2, 0) is 18.0 Å². The predicted octanol–water partition coefficient (Wildman–Crippen LogP) is 3.73. The summed E-state index contributed by atoms with van der Waals surface area (Å²) >= 11 is 0. The first kappa shape index (κ1) is 14.4. The van der Waals surface area contributed by atoms with Crippen molar-refractivity contribution >= 4 is 0 Å². The van der Waals surface area contributed by atoms with Gasteiger partial charge in [-0.15, -0.1) is 0 Å². The van der Waals surface area contributed by atoms with Crippen LogP contribution in [0.3, 0.4) is 0 Å². The lowest BCUT2D eigenvalue weighted by Crippen LogP contribution is -1.97. The van der Waals surface area contributed by atoms with Crippen molar-refractivity contribution in [1.82, 2.24) is 0 Å². The van der Waals surface area contributed by atoms with Gasteiger partial charge in [0.15, 0.2) is 0 Å². The smallest absolute Gasteiger partial charge is 0.119 e. The topological polar surface area (TPSA) is 27.7 Å². The third-order valence-corrected chi connectivity index (χ3v) is 3.24. The van der Waals surface area contributed by atoms with Gasteiger partial charge in [0.1, 0.15) is 11.5 Å². The molecular weight excluding hydrogens is 252 g/mol. The van der Waals surface area contributed by atoms with Crippen LogP contribution in [0.25, 0.3) is 0 Å². The number of methoxy groups -OCH3 is 2. The molecule has 0 amide bonds. The molecule has 0 aliphatic carbocycles. The lowest BCUT2D eigenvalue weighted by Gasteiger charge is -2.09.